The van der Waals surface area contributed by atoms with Crippen molar-refractivity contribution in [2.75, 3.05) is 0 Å². The van der Waals surface area contributed by atoms with E-state index in [1.165, 1.54) is 5.56 Å². The van der Waals surface area contributed by atoms with Gasteiger partial charge in [0.2, 0.25) is 0 Å². The number of phenolic OH excluding ortho intramolecular Hbond substituents is 1. The van der Waals surface area contributed by atoms with E-state index in [0.29, 0.717) is 11.7 Å². The van der Waals surface area contributed by atoms with Crippen molar-refractivity contribution in [3.8, 4) is 11.5 Å². The van der Waals surface area contributed by atoms with E-state index < -0.39 is 0 Å². The minimum absolute atomic E-state index is 0.203. The maximum Gasteiger partial charge on any atom is 0.161 e. The molecule has 2 heteroatoms. The number of hydrogen-bond acceptors (Lipinski definition) is 2. The highest BCUT2D eigenvalue weighted by Gasteiger charge is 2.15. The van der Waals surface area contributed by atoms with Gasteiger partial charge in [0, 0.05) is 0 Å². The molecule has 1 rings (SSSR count). The Balaban J connectivity index is 3.01. The molecular formula is C13H20O2. The lowest BCUT2D eigenvalue weighted by molar-refractivity contribution is 0.125. The minimum Gasteiger partial charge on any atom is -0.504 e. The second kappa shape index (κ2) is 4.13. The zero-order valence-corrected chi connectivity index (χ0v) is 10.2. The fourth-order valence-electron chi connectivity index (χ4n) is 1.30. The second-order valence-corrected chi connectivity index (χ2v) is 5.10. The normalized spacial score (nSPS) is 11.9. The van der Waals surface area contributed by atoms with Crippen LogP contribution in [0.2, 0.25) is 0 Å². The summed E-state index contributed by atoms with van der Waals surface area (Å²) in [6, 6.07) is 5.52. The molecule has 0 amide bonds. The van der Waals surface area contributed by atoms with E-state index in [-0.39, 0.29) is 11.4 Å². The first-order valence-electron chi connectivity index (χ1n) is 5.31. The SMILES string of the molecule is CC(C)c1ccc(O)c(OC(C)(C)C)c1. The molecule has 0 radical (unpaired) electrons. The molecule has 0 aliphatic carbocycles. The molecular weight excluding hydrogens is 188 g/mol. The molecule has 0 spiro atoms. The molecule has 1 N–H and O–H groups in total. The van der Waals surface area contributed by atoms with Gasteiger partial charge in [-0.1, -0.05) is 19.9 Å². The maximum atomic E-state index is 9.66. The standard InChI is InChI=1S/C13H20O2/c1-9(2)10-6-7-11(14)12(8-10)15-13(3,4)5/h6-9,14H,1-5H3. The lowest BCUT2D eigenvalue weighted by Crippen LogP contribution is -2.23. The second-order valence-electron chi connectivity index (χ2n) is 5.10. The van der Waals surface area contributed by atoms with Crippen LogP contribution in [0.15, 0.2) is 18.2 Å². The minimum atomic E-state index is -0.285. The summed E-state index contributed by atoms with van der Waals surface area (Å²) in [6.07, 6.45) is 0. The molecule has 1 aromatic rings. The number of benzene rings is 1. The number of ether oxygens (including phenoxy) is 1. The molecule has 2 nitrogen and oxygen atoms in total. The largest absolute Gasteiger partial charge is 0.504 e. The van der Waals surface area contributed by atoms with E-state index in [4.69, 9.17) is 4.74 Å². The van der Waals surface area contributed by atoms with E-state index in [9.17, 15) is 5.11 Å². The molecule has 0 aromatic heterocycles. The Morgan fingerprint density at radius 2 is 1.80 bits per heavy atom. The first kappa shape index (κ1) is 11.9. The molecule has 0 saturated carbocycles. The summed E-state index contributed by atoms with van der Waals surface area (Å²) < 4.78 is 5.67. The van der Waals surface area contributed by atoms with Gasteiger partial charge >= 0.3 is 0 Å². The maximum absolute atomic E-state index is 9.66. The molecule has 0 aliphatic rings. The fourth-order valence-corrected chi connectivity index (χ4v) is 1.30. The summed E-state index contributed by atoms with van der Waals surface area (Å²) in [5.41, 5.74) is 0.889. The van der Waals surface area contributed by atoms with Crippen LogP contribution >= 0.6 is 0 Å². The van der Waals surface area contributed by atoms with Crippen molar-refractivity contribution in [3.05, 3.63) is 23.8 Å². The van der Waals surface area contributed by atoms with Crippen molar-refractivity contribution in [3.63, 3.8) is 0 Å². The number of phenols is 1. The lowest BCUT2D eigenvalue weighted by Gasteiger charge is -2.22. The molecule has 0 fully saturated rings. The summed E-state index contributed by atoms with van der Waals surface area (Å²) in [5.74, 6) is 1.20. The van der Waals surface area contributed by atoms with Crippen LogP contribution < -0.4 is 4.74 Å². The molecule has 0 unspecified atom stereocenters. The third-order valence-electron chi connectivity index (χ3n) is 2.07. The van der Waals surface area contributed by atoms with Crippen molar-refractivity contribution in [1.82, 2.24) is 0 Å². The van der Waals surface area contributed by atoms with Gasteiger partial charge in [-0.3, -0.25) is 0 Å². The van der Waals surface area contributed by atoms with Crippen LogP contribution in [0.25, 0.3) is 0 Å². The number of hydrogen-bond donors (Lipinski definition) is 1. The zero-order chi connectivity index (χ0) is 11.6. The first-order chi connectivity index (χ1) is 6.79. The summed E-state index contributed by atoms with van der Waals surface area (Å²) in [5, 5.41) is 9.66. The topological polar surface area (TPSA) is 29.5 Å². The Morgan fingerprint density at radius 1 is 1.20 bits per heavy atom. The van der Waals surface area contributed by atoms with Crippen LogP contribution in [-0.4, -0.2) is 10.7 Å². The van der Waals surface area contributed by atoms with Crippen LogP contribution in [0.5, 0.6) is 11.5 Å². The van der Waals surface area contributed by atoms with Gasteiger partial charge in [-0.25, -0.2) is 0 Å². The van der Waals surface area contributed by atoms with Crippen LogP contribution in [0.4, 0.5) is 0 Å². The summed E-state index contributed by atoms with van der Waals surface area (Å²) >= 11 is 0. The summed E-state index contributed by atoms with van der Waals surface area (Å²) in [6.45, 7) is 10.1. The molecule has 15 heavy (non-hydrogen) atoms. The smallest absolute Gasteiger partial charge is 0.161 e. The van der Waals surface area contributed by atoms with Gasteiger partial charge in [-0.2, -0.15) is 0 Å². The van der Waals surface area contributed by atoms with Gasteiger partial charge in [0.25, 0.3) is 0 Å². The Morgan fingerprint density at radius 3 is 2.27 bits per heavy atom. The highest BCUT2D eigenvalue weighted by atomic mass is 16.5. The Labute approximate surface area is 91.9 Å². The fraction of sp³-hybridized carbons (Fsp3) is 0.538. The first-order valence-corrected chi connectivity index (χ1v) is 5.31. The lowest BCUT2D eigenvalue weighted by atomic mass is 10.0. The van der Waals surface area contributed by atoms with Gasteiger partial charge in [0.1, 0.15) is 5.60 Å². The van der Waals surface area contributed by atoms with Crippen LogP contribution in [0.3, 0.4) is 0 Å². The van der Waals surface area contributed by atoms with E-state index in [2.05, 4.69) is 13.8 Å². The molecule has 0 atom stereocenters. The average molecular weight is 208 g/mol. The van der Waals surface area contributed by atoms with Crippen molar-refractivity contribution >= 4 is 0 Å². The van der Waals surface area contributed by atoms with Crippen LogP contribution in [0, 0.1) is 0 Å². The highest BCUT2D eigenvalue weighted by molar-refractivity contribution is 5.43. The third-order valence-corrected chi connectivity index (χ3v) is 2.07. The van der Waals surface area contributed by atoms with E-state index in [0.717, 1.165) is 0 Å². The molecule has 1 aromatic carbocycles. The third kappa shape index (κ3) is 3.46. The average Bonchev–Trinajstić information content (AvgIpc) is 2.06. The van der Waals surface area contributed by atoms with Crippen LogP contribution in [-0.2, 0) is 0 Å². The molecule has 0 heterocycles. The van der Waals surface area contributed by atoms with Gasteiger partial charge in [-0.15, -0.1) is 0 Å². The predicted molar refractivity (Wildman–Crippen MR) is 62.6 cm³/mol. The monoisotopic (exact) mass is 208 g/mol. The quantitative estimate of drug-likeness (QED) is 0.803. The van der Waals surface area contributed by atoms with Crippen LogP contribution in [0.1, 0.15) is 46.1 Å². The number of rotatable bonds is 2. The summed E-state index contributed by atoms with van der Waals surface area (Å²) in [7, 11) is 0. The highest BCUT2D eigenvalue weighted by Crippen LogP contribution is 2.32. The van der Waals surface area contributed by atoms with Crippen molar-refractivity contribution in [2.24, 2.45) is 0 Å². The Bertz CT molecular complexity index is 335. The Kier molecular flexibility index (Phi) is 3.28. The zero-order valence-electron chi connectivity index (χ0n) is 10.2. The van der Waals surface area contributed by atoms with Gasteiger partial charge < -0.3 is 9.84 Å². The van der Waals surface area contributed by atoms with E-state index >= 15 is 0 Å². The van der Waals surface area contributed by atoms with Gasteiger partial charge in [-0.05, 0) is 44.4 Å². The van der Waals surface area contributed by atoms with Crippen molar-refractivity contribution < 1.29 is 9.84 Å². The Hall–Kier alpha value is -1.18. The summed E-state index contributed by atoms with van der Waals surface area (Å²) in [4.78, 5) is 0. The van der Waals surface area contributed by atoms with E-state index in [1.54, 1.807) is 6.07 Å². The van der Waals surface area contributed by atoms with Gasteiger partial charge in [0.15, 0.2) is 11.5 Å². The van der Waals surface area contributed by atoms with E-state index in [1.807, 2.05) is 32.9 Å². The molecule has 0 aliphatic heterocycles. The number of aromatic hydroxyl groups is 1. The molecule has 0 bridgehead atoms. The van der Waals surface area contributed by atoms with Gasteiger partial charge in [0.05, 0.1) is 0 Å². The van der Waals surface area contributed by atoms with Crippen molar-refractivity contribution in [2.45, 2.75) is 46.1 Å². The van der Waals surface area contributed by atoms with Crippen molar-refractivity contribution in [1.29, 1.82) is 0 Å². The predicted octanol–water partition coefficient (Wildman–Crippen LogP) is 3.69. The molecule has 0 saturated heterocycles. The molecule has 84 valence electrons.